The Balaban J connectivity index is 4.00. The zero-order valence-corrected chi connectivity index (χ0v) is 53.6. The molecule has 2 N–H and O–H groups in total. The molecule has 3 atom stereocenters. The number of nitrogens with one attached hydrogen (secondary N) is 1. The van der Waals surface area contributed by atoms with Gasteiger partial charge in [0, 0.05) is 6.42 Å². The van der Waals surface area contributed by atoms with E-state index in [2.05, 4.69) is 31.3 Å². The standard InChI is InChI=1S/C68H137N2O6P/c1-6-8-10-12-14-16-18-20-22-24-26-28-30-32-33-34-35-36-37-38-40-42-44-46-48-50-52-54-56-58-60-62-68(72)69-66(65-76-77(73,74)75-64-63-70(3,4)5)67(71)61-59-57-55-53-51-49-47-45-43-41-39-31-29-27-25-23-21-19-17-15-13-11-9-7-2/h32-33,66-67,71H,6-31,34-65H2,1-5H3,(H-,69,72,73,74)/b33-32-. The van der Waals surface area contributed by atoms with E-state index in [9.17, 15) is 19.4 Å². The van der Waals surface area contributed by atoms with Crippen LogP contribution >= 0.6 is 7.82 Å². The first-order valence-electron chi connectivity index (χ1n) is 34.5. The number of rotatable bonds is 65. The number of allylic oxidation sites excluding steroid dienone is 2. The lowest BCUT2D eigenvalue weighted by atomic mass is 10.0. The second-order valence-corrected chi connectivity index (χ2v) is 26.7. The van der Waals surface area contributed by atoms with Crippen molar-refractivity contribution in [3.63, 3.8) is 0 Å². The highest BCUT2D eigenvalue weighted by molar-refractivity contribution is 7.45. The Bertz CT molecular complexity index is 1260. The van der Waals surface area contributed by atoms with Crippen molar-refractivity contribution in [1.29, 1.82) is 0 Å². The van der Waals surface area contributed by atoms with Gasteiger partial charge in [-0.1, -0.05) is 334 Å². The summed E-state index contributed by atoms with van der Waals surface area (Å²) in [6.45, 7) is 4.79. The maximum absolute atomic E-state index is 13.0. The van der Waals surface area contributed by atoms with Crippen molar-refractivity contribution in [2.45, 2.75) is 379 Å². The van der Waals surface area contributed by atoms with Gasteiger partial charge in [0.1, 0.15) is 13.2 Å². The molecule has 0 saturated carbocycles. The number of hydrogen-bond acceptors (Lipinski definition) is 6. The molecular formula is C68H137N2O6P. The lowest BCUT2D eigenvalue weighted by Crippen LogP contribution is -2.46. The molecule has 0 bridgehead atoms. The SMILES string of the molecule is CCCCCCCCCCCCCC/C=C\CCCCCCCCCCCCCCCCCC(=O)NC(COP(=O)([O-])OCC[N+](C)(C)C)C(O)CCCCCCCCCCCCCCCCCCCCCCCCCC. The average molecular weight is 1110 g/mol. The monoisotopic (exact) mass is 1110 g/mol. The molecule has 77 heavy (non-hydrogen) atoms. The van der Waals surface area contributed by atoms with Gasteiger partial charge in [0.2, 0.25) is 5.91 Å². The first kappa shape index (κ1) is 76.2. The molecule has 0 aliphatic carbocycles. The van der Waals surface area contributed by atoms with Crippen LogP contribution in [-0.4, -0.2) is 68.5 Å². The number of carbonyl (C=O) groups is 1. The van der Waals surface area contributed by atoms with Crippen molar-refractivity contribution in [1.82, 2.24) is 5.32 Å². The largest absolute Gasteiger partial charge is 0.756 e. The summed E-state index contributed by atoms with van der Waals surface area (Å²) in [4.78, 5) is 25.6. The average Bonchev–Trinajstić information content (AvgIpc) is 3.39. The summed E-state index contributed by atoms with van der Waals surface area (Å²) < 4.78 is 23.5. The number of nitrogens with zero attached hydrogens (tertiary/aromatic N) is 1. The van der Waals surface area contributed by atoms with Crippen LogP contribution in [0.5, 0.6) is 0 Å². The van der Waals surface area contributed by atoms with Gasteiger partial charge < -0.3 is 28.8 Å². The van der Waals surface area contributed by atoms with Gasteiger partial charge in [0.05, 0.1) is 39.9 Å². The van der Waals surface area contributed by atoms with Crippen molar-refractivity contribution in [2.24, 2.45) is 0 Å². The summed E-state index contributed by atoms with van der Waals surface area (Å²) in [5, 5.41) is 14.1. The minimum atomic E-state index is -4.58. The van der Waals surface area contributed by atoms with E-state index in [1.807, 2.05) is 21.1 Å². The number of amides is 1. The van der Waals surface area contributed by atoms with Gasteiger partial charge in [-0.05, 0) is 38.5 Å². The van der Waals surface area contributed by atoms with Crippen molar-refractivity contribution < 1.29 is 32.9 Å². The third-order valence-electron chi connectivity index (χ3n) is 16.3. The molecule has 0 spiro atoms. The zero-order valence-electron chi connectivity index (χ0n) is 52.7. The molecule has 0 heterocycles. The lowest BCUT2D eigenvalue weighted by molar-refractivity contribution is -0.870. The first-order chi connectivity index (χ1) is 37.5. The molecule has 0 radical (unpaired) electrons. The summed E-state index contributed by atoms with van der Waals surface area (Å²) in [5.74, 6) is -0.156. The fourth-order valence-electron chi connectivity index (χ4n) is 10.9. The number of hydrogen-bond donors (Lipinski definition) is 2. The van der Waals surface area contributed by atoms with E-state index in [1.54, 1.807) is 0 Å². The Morgan fingerprint density at radius 1 is 0.442 bits per heavy atom. The Morgan fingerprint density at radius 2 is 0.714 bits per heavy atom. The number of likely N-dealkylation sites (N-methyl/N-ethyl adjacent to an activating group) is 1. The maximum Gasteiger partial charge on any atom is 0.268 e. The fourth-order valence-corrected chi connectivity index (χ4v) is 11.6. The van der Waals surface area contributed by atoms with Crippen molar-refractivity contribution in [2.75, 3.05) is 40.9 Å². The van der Waals surface area contributed by atoms with Gasteiger partial charge in [-0.25, -0.2) is 0 Å². The van der Waals surface area contributed by atoms with Crippen LogP contribution in [0.25, 0.3) is 0 Å². The number of quaternary nitrogens is 1. The van der Waals surface area contributed by atoms with Crippen LogP contribution in [0.2, 0.25) is 0 Å². The van der Waals surface area contributed by atoms with E-state index in [0.717, 1.165) is 38.5 Å². The second-order valence-electron chi connectivity index (χ2n) is 25.2. The topological polar surface area (TPSA) is 108 Å². The summed E-state index contributed by atoms with van der Waals surface area (Å²) in [5.41, 5.74) is 0. The highest BCUT2D eigenvalue weighted by Gasteiger charge is 2.24. The van der Waals surface area contributed by atoms with E-state index >= 15 is 0 Å². The maximum atomic E-state index is 13.0. The highest BCUT2D eigenvalue weighted by Crippen LogP contribution is 2.38. The second kappa shape index (κ2) is 59.8. The molecule has 0 aromatic rings. The molecule has 0 saturated heterocycles. The van der Waals surface area contributed by atoms with Crippen molar-refractivity contribution in [3.8, 4) is 0 Å². The zero-order chi connectivity index (χ0) is 56.3. The molecular weight excluding hydrogens is 972 g/mol. The summed E-state index contributed by atoms with van der Waals surface area (Å²) in [6, 6.07) is -0.799. The fraction of sp³-hybridized carbons (Fsp3) is 0.956. The predicted molar refractivity (Wildman–Crippen MR) is 335 cm³/mol. The Kier molecular flexibility index (Phi) is 59.3. The molecule has 0 rings (SSSR count). The molecule has 0 aromatic heterocycles. The molecule has 3 unspecified atom stereocenters. The predicted octanol–water partition coefficient (Wildman–Crippen LogP) is 21.1. The van der Waals surface area contributed by atoms with E-state index in [0.29, 0.717) is 23.9 Å². The van der Waals surface area contributed by atoms with Gasteiger partial charge in [-0.2, -0.15) is 0 Å². The molecule has 0 aromatic carbocycles. The van der Waals surface area contributed by atoms with Crippen molar-refractivity contribution >= 4 is 13.7 Å². The minimum Gasteiger partial charge on any atom is -0.756 e. The van der Waals surface area contributed by atoms with Crippen LogP contribution in [0.3, 0.4) is 0 Å². The minimum absolute atomic E-state index is 0.0155. The van der Waals surface area contributed by atoms with E-state index in [1.165, 1.54) is 302 Å². The van der Waals surface area contributed by atoms with Crippen LogP contribution < -0.4 is 10.2 Å². The Hall–Kier alpha value is -0.760. The van der Waals surface area contributed by atoms with Gasteiger partial charge >= 0.3 is 0 Å². The molecule has 0 aliphatic heterocycles. The molecule has 1 amide bonds. The molecule has 460 valence electrons. The van der Waals surface area contributed by atoms with Gasteiger partial charge in [0.25, 0.3) is 7.82 Å². The third-order valence-corrected chi connectivity index (χ3v) is 17.2. The van der Waals surface area contributed by atoms with Gasteiger partial charge in [0.15, 0.2) is 0 Å². The Labute approximate surface area is 482 Å². The van der Waals surface area contributed by atoms with E-state index in [4.69, 9.17) is 9.05 Å². The number of aliphatic hydroxyl groups excluding tert-OH is 1. The van der Waals surface area contributed by atoms with E-state index < -0.39 is 20.0 Å². The Morgan fingerprint density at radius 3 is 1.01 bits per heavy atom. The third kappa shape index (κ3) is 62.7. The van der Waals surface area contributed by atoms with Gasteiger partial charge in [-0.15, -0.1) is 0 Å². The normalized spacial score (nSPS) is 13.7. The number of unbranched alkanes of at least 4 members (excludes halogenated alkanes) is 50. The molecule has 9 heteroatoms. The van der Waals surface area contributed by atoms with Crippen LogP contribution in [0.15, 0.2) is 12.2 Å². The molecule has 0 fully saturated rings. The number of phosphoric acid groups is 1. The summed E-state index contributed by atoms with van der Waals surface area (Å²) in [7, 11) is 1.33. The lowest BCUT2D eigenvalue weighted by Gasteiger charge is -2.30. The number of carbonyl (C=O) groups excluding carboxylic acids is 1. The van der Waals surface area contributed by atoms with E-state index in [-0.39, 0.29) is 19.1 Å². The van der Waals surface area contributed by atoms with Crippen molar-refractivity contribution in [3.05, 3.63) is 12.2 Å². The van der Waals surface area contributed by atoms with Crippen LogP contribution in [0, 0.1) is 0 Å². The van der Waals surface area contributed by atoms with Crippen LogP contribution in [-0.2, 0) is 18.4 Å². The quantitative estimate of drug-likeness (QED) is 0.0272. The van der Waals surface area contributed by atoms with Gasteiger partial charge in [-0.3, -0.25) is 9.36 Å². The molecule has 0 aliphatic rings. The first-order valence-corrected chi connectivity index (χ1v) is 36.0. The molecule has 8 nitrogen and oxygen atoms in total. The smallest absolute Gasteiger partial charge is 0.268 e. The van der Waals surface area contributed by atoms with Crippen LogP contribution in [0.4, 0.5) is 0 Å². The number of aliphatic hydroxyl groups is 1. The summed E-state index contributed by atoms with van der Waals surface area (Å²) >= 11 is 0. The summed E-state index contributed by atoms with van der Waals surface area (Å²) in [6.07, 6.45) is 75.7. The number of phosphoric ester groups is 1. The van der Waals surface area contributed by atoms with Crippen LogP contribution in [0.1, 0.15) is 367 Å². The highest BCUT2D eigenvalue weighted by atomic mass is 31.2.